The Bertz CT molecular complexity index is 884. The largest absolute Gasteiger partial charge is 0.493 e. The fourth-order valence-electron chi connectivity index (χ4n) is 4.31. The average Bonchev–Trinajstić information content (AvgIpc) is 3.20. The molecule has 0 amide bonds. The smallest absolute Gasteiger partial charge is 0.161 e. The van der Waals surface area contributed by atoms with E-state index in [9.17, 15) is 5.26 Å². The highest BCUT2D eigenvalue weighted by Crippen LogP contribution is 2.41. The topological polar surface area (TPSA) is 68.0 Å². The highest BCUT2D eigenvalue weighted by molar-refractivity contribution is 5.49. The number of benzene rings is 1. The second-order valence-electron chi connectivity index (χ2n) is 7.65. The maximum absolute atomic E-state index is 10.1. The minimum atomic E-state index is -0.578. The summed E-state index contributed by atoms with van der Waals surface area (Å²) in [4.78, 5) is 8.89. The molecule has 1 aromatic heterocycles. The third kappa shape index (κ3) is 3.37. The zero-order valence-electron chi connectivity index (χ0n) is 16.0. The Balaban J connectivity index is 1.68. The van der Waals surface area contributed by atoms with Gasteiger partial charge in [0.05, 0.1) is 24.7 Å². The van der Waals surface area contributed by atoms with E-state index in [1.54, 1.807) is 7.11 Å². The van der Waals surface area contributed by atoms with E-state index in [4.69, 9.17) is 9.47 Å². The molecule has 1 saturated carbocycles. The summed E-state index contributed by atoms with van der Waals surface area (Å²) in [6.45, 7) is 1.91. The van der Waals surface area contributed by atoms with Crippen molar-refractivity contribution in [3.05, 3.63) is 47.0 Å². The molecule has 1 atom stereocenters. The van der Waals surface area contributed by atoms with Crippen molar-refractivity contribution < 1.29 is 9.47 Å². The molecule has 0 radical (unpaired) electrons. The number of nitrogens with zero attached hydrogens (tertiary/aromatic N) is 3. The van der Waals surface area contributed by atoms with Crippen molar-refractivity contribution in [3.63, 3.8) is 0 Å². The highest BCUT2D eigenvalue weighted by Gasteiger charge is 2.38. The van der Waals surface area contributed by atoms with Gasteiger partial charge in [-0.3, -0.25) is 0 Å². The molecule has 1 unspecified atom stereocenters. The summed E-state index contributed by atoms with van der Waals surface area (Å²) in [6.07, 6.45) is 8.89. The third-order valence-electron chi connectivity index (χ3n) is 5.88. The molecular formula is C22H25N3O2. The van der Waals surface area contributed by atoms with Crippen LogP contribution >= 0.6 is 0 Å². The quantitative estimate of drug-likeness (QED) is 0.819. The molecule has 1 fully saturated rings. The minimum absolute atomic E-state index is 0.246. The summed E-state index contributed by atoms with van der Waals surface area (Å²) in [5.74, 6) is 2.27. The lowest BCUT2D eigenvalue weighted by Crippen LogP contribution is -2.32. The summed E-state index contributed by atoms with van der Waals surface area (Å²) in [6, 6.07) is 8.54. The lowest BCUT2D eigenvalue weighted by Gasteiger charge is -2.32. The Morgan fingerprint density at radius 2 is 2.04 bits per heavy atom. The normalized spacial score (nSPS) is 22.1. The van der Waals surface area contributed by atoms with E-state index in [1.165, 1.54) is 12.8 Å². The van der Waals surface area contributed by atoms with Gasteiger partial charge in [0, 0.05) is 11.9 Å². The number of aromatic nitrogens is 2. The molecule has 2 aromatic rings. The van der Waals surface area contributed by atoms with Gasteiger partial charge in [-0.05, 0) is 75.1 Å². The van der Waals surface area contributed by atoms with Crippen LogP contribution < -0.4 is 9.47 Å². The van der Waals surface area contributed by atoms with Gasteiger partial charge in [-0.25, -0.2) is 9.97 Å². The van der Waals surface area contributed by atoms with E-state index in [0.29, 0.717) is 6.42 Å². The van der Waals surface area contributed by atoms with Crippen LogP contribution in [0.5, 0.6) is 11.5 Å². The van der Waals surface area contributed by atoms with Crippen LogP contribution in [-0.4, -0.2) is 23.2 Å². The first-order valence-electron chi connectivity index (χ1n) is 9.71. The van der Waals surface area contributed by atoms with Gasteiger partial charge in [0.15, 0.2) is 11.5 Å². The molecular weight excluding hydrogens is 338 g/mol. The number of hydrogen-bond acceptors (Lipinski definition) is 5. The standard InChI is InChI=1S/C22H25N3O2/c1-15-24-13-16-12-22(14-23,10-9-19(16)25-15)17-7-8-20(26-2)21(11-17)27-18-5-3-4-6-18/h7-8,11,13,18H,3-6,9-10,12H2,1-2H3. The van der Waals surface area contributed by atoms with Gasteiger partial charge in [-0.1, -0.05) is 6.07 Å². The number of aryl methyl sites for hydroxylation is 2. The molecule has 4 rings (SSSR count). The molecule has 2 aliphatic rings. The maximum Gasteiger partial charge on any atom is 0.161 e. The second-order valence-corrected chi connectivity index (χ2v) is 7.65. The van der Waals surface area contributed by atoms with Crippen LogP contribution in [-0.2, 0) is 18.3 Å². The van der Waals surface area contributed by atoms with Crippen molar-refractivity contribution in [3.8, 4) is 17.6 Å². The van der Waals surface area contributed by atoms with Crippen LogP contribution in [0.15, 0.2) is 24.4 Å². The first-order chi connectivity index (χ1) is 13.1. The van der Waals surface area contributed by atoms with Crippen molar-refractivity contribution in [2.24, 2.45) is 0 Å². The number of hydrogen-bond donors (Lipinski definition) is 0. The van der Waals surface area contributed by atoms with Gasteiger partial charge < -0.3 is 9.47 Å². The SMILES string of the molecule is COc1ccc(C2(C#N)CCc3nc(C)ncc3C2)cc1OC1CCCC1. The Morgan fingerprint density at radius 3 is 2.78 bits per heavy atom. The number of nitriles is 1. The molecule has 140 valence electrons. The molecule has 5 nitrogen and oxygen atoms in total. The molecule has 0 N–H and O–H groups in total. The van der Waals surface area contributed by atoms with Crippen LogP contribution in [0.3, 0.4) is 0 Å². The number of ether oxygens (including phenoxy) is 2. The summed E-state index contributed by atoms with van der Waals surface area (Å²) in [5.41, 5.74) is 2.56. The molecule has 0 saturated heterocycles. The predicted octanol–water partition coefficient (Wildman–Crippen LogP) is 4.07. The van der Waals surface area contributed by atoms with Gasteiger partial charge in [-0.2, -0.15) is 5.26 Å². The average molecular weight is 363 g/mol. The number of fused-ring (bicyclic) bond motifs is 1. The monoisotopic (exact) mass is 363 g/mol. The van der Waals surface area contributed by atoms with Gasteiger partial charge in [0.1, 0.15) is 5.82 Å². The summed E-state index contributed by atoms with van der Waals surface area (Å²) >= 11 is 0. The van der Waals surface area contributed by atoms with Crippen LogP contribution in [0, 0.1) is 18.3 Å². The first-order valence-corrected chi connectivity index (χ1v) is 9.71. The predicted molar refractivity (Wildman–Crippen MR) is 102 cm³/mol. The van der Waals surface area contributed by atoms with Crippen molar-refractivity contribution in [2.75, 3.05) is 7.11 Å². The van der Waals surface area contributed by atoms with Gasteiger partial charge in [-0.15, -0.1) is 0 Å². The highest BCUT2D eigenvalue weighted by atomic mass is 16.5. The molecule has 2 aliphatic carbocycles. The lowest BCUT2D eigenvalue weighted by molar-refractivity contribution is 0.200. The second kappa shape index (κ2) is 7.19. The van der Waals surface area contributed by atoms with Gasteiger partial charge in [0.2, 0.25) is 0 Å². The van der Waals surface area contributed by atoms with Gasteiger partial charge >= 0.3 is 0 Å². The minimum Gasteiger partial charge on any atom is -0.493 e. The summed E-state index contributed by atoms with van der Waals surface area (Å²) in [7, 11) is 1.66. The molecule has 0 bridgehead atoms. The van der Waals surface area contributed by atoms with E-state index < -0.39 is 5.41 Å². The Morgan fingerprint density at radius 1 is 1.22 bits per heavy atom. The van der Waals surface area contributed by atoms with Crippen molar-refractivity contribution in [1.82, 2.24) is 9.97 Å². The maximum atomic E-state index is 10.1. The zero-order valence-corrected chi connectivity index (χ0v) is 16.0. The van der Waals surface area contributed by atoms with Crippen LogP contribution in [0.1, 0.15) is 54.7 Å². The molecule has 5 heteroatoms. The van der Waals surface area contributed by atoms with Gasteiger partial charge in [0.25, 0.3) is 0 Å². The Hall–Kier alpha value is -2.61. The van der Waals surface area contributed by atoms with Crippen LogP contribution in [0.2, 0.25) is 0 Å². The van der Waals surface area contributed by atoms with Crippen molar-refractivity contribution >= 4 is 0 Å². The van der Waals surface area contributed by atoms with E-state index in [0.717, 1.165) is 59.8 Å². The molecule has 1 heterocycles. The van der Waals surface area contributed by atoms with Crippen molar-refractivity contribution in [1.29, 1.82) is 5.26 Å². The fraction of sp³-hybridized carbons (Fsp3) is 0.500. The fourth-order valence-corrected chi connectivity index (χ4v) is 4.31. The van der Waals surface area contributed by atoms with E-state index >= 15 is 0 Å². The van der Waals surface area contributed by atoms with E-state index in [2.05, 4.69) is 16.0 Å². The zero-order chi connectivity index (χ0) is 18.9. The lowest BCUT2D eigenvalue weighted by atomic mass is 9.69. The summed E-state index contributed by atoms with van der Waals surface area (Å²) in [5, 5.41) is 10.1. The Labute approximate surface area is 160 Å². The third-order valence-corrected chi connectivity index (χ3v) is 5.88. The first kappa shape index (κ1) is 17.8. The van der Waals surface area contributed by atoms with E-state index in [1.807, 2.05) is 31.3 Å². The van der Waals surface area contributed by atoms with Crippen LogP contribution in [0.25, 0.3) is 0 Å². The Kier molecular flexibility index (Phi) is 4.73. The molecule has 0 spiro atoms. The number of methoxy groups -OCH3 is 1. The van der Waals surface area contributed by atoms with Crippen molar-refractivity contribution in [2.45, 2.75) is 63.4 Å². The summed E-state index contributed by atoms with van der Waals surface area (Å²) < 4.78 is 11.8. The molecule has 1 aromatic carbocycles. The number of rotatable bonds is 4. The molecule has 27 heavy (non-hydrogen) atoms. The molecule has 0 aliphatic heterocycles. The van der Waals surface area contributed by atoms with Crippen LogP contribution in [0.4, 0.5) is 0 Å². The van der Waals surface area contributed by atoms with E-state index in [-0.39, 0.29) is 6.10 Å².